The SMILES string of the molecule is CC(C)(CC(=O)N1CCC(C(=O)c2ccc(C(=O)O)cc2)CC1)CC1=Nc2ccccc2N([O-])N1. The number of para-hydroxylation sites is 2. The Morgan fingerprint density at radius 1 is 1.06 bits per heavy atom. The monoisotopic (exact) mass is 477 g/mol. The van der Waals surface area contributed by atoms with Crippen LogP contribution in [-0.4, -0.2) is 46.6 Å². The van der Waals surface area contributed by atoms with Gasteiger partial charge < -0.3 is 20.4 Å². The Kier molecular flexibility index (Phi) is 6.88. The molecule has 0 aromatic heterocycles. The molecule has 2 aromatic rings. The second-order valence-corrected chi connectivity index (χ2v) is 9.87. The maximum atomic E-state index is 13.0. The van der Waals surface area contributed by atoms with Gasteiger partial charge in [0.15, 0.2) is 5.78 Å². The summed E-state index contributed by atoms with van der Waals surface area (Å²) in [6, 6.07) is 13.1. The van der Waals surface area contributed by atoms with Crippen LogP contribution in [0.3, 0.4) is 0 Å². The van der Waals surface area contributed by atoms with Gasteiger partial charge in [0, 0.05) is 37.4 Å². The summed E-state index contributed by atoms with van der Waals surface area (Å²) in [5, 5.41) is 22.0. The zero-order valence-electron chi connectivity index (χ0n) is 19.9. The van der Waals surface area contributed by atoms with Gasteiger partial charge in [0.25, 0.3) is 0 Å². The Morgan fingerprint density at radius 2 is 1.69 bits per heavy atom. The number of likely N-dealkylation sites (tertiary alicyclic amines) is 1. The normalized spacial score (nSPS) is 16.3. The fourth-order valence-electron chi connectivity index (χ4n) is 4.60. The van der Waals surface area contributed by atoms with Gasteiger partial charge in [0.2, 0.25) is 5.91 Å². The van der Waals surface area contributed by atoms with Gasteiger partial charge >= 0.3 is 5.97 Å². The molecule has 35 heavy (non-hydrogen) atoms. The number of aliphatic imine (C=N–C) groups is 1. The number of carbonyl (C=O) groups excluding carboxylic acids is 2. The fraction of sp³-hybridized carbons (Fsp3) is 0.385. The minimum Gasteiger partial charge on any atom is -0.739 e. The van der Waals surface area contributed by atoms with Gasteiger partial charge in [-0.1, -0.05) is 38.1 Å². The maximum absolute atomic E-state index is 13.0. The first-order valence-corrected chi connectivity index (χ1v) is 11.7. The second-order valence-electron chi connectivity index (χ2n) is 9.87. The quantitative estimate of drug-likeness (QED) is 0.574. The minimum atomic E-state index is -1.03. The molecule has 0 atom stereocenters. The number of nitrogens with zero attached hydrogens (tertiary/aromatic N) is 3. The number of hydrogen-bond donors (Lipinski definition) is 2. The van der Waals surface area contributed by atoms with E-state index in [0.29, 0.717) is 66.7 Å². The Morgan fingerprint density at radius 3 is 2.34 bits per heavy atom. The number of nitrogens with one attached hydrogen (secondary N) is 1. The molecule has 9 nitrogen and oxygen atoms in total. The number of amides is 1. The number of carboxylic acids is 1. The molecule has 9 heteroatoms. The number of ketones is 1. The first kappa shape index (κ1) is 24.4. The zero-order chi connectivity index (χ0) is 25.2. The number of anilines is 1. The molecule has 2 aliphatic heterocycles. The minimum absolute atomic E-state index is 0.0156. The Balaban J connectivity index is 1.31. The highest BCUT2D eigenvalue weighted by molar-refractivity contribution is 5.99. The van der Waals surface area contributed by atoms with Crippen LogP contribution in [0, 0.1) is 16.5 Å². The lowest BCUT2D eigenvalue weighted by Crippen LogP contribution is -2.44. The van der Waals surface area contributed by atoms with Gasteiger partial charge in [-0.25, -0.2) is 9.79 Å². The summed E-state index contributed by atoms with van der Waals surface area (Å²) >= 11 is 0. The molecule has 0 bridgehead atoms. The van der Waals surface area contributed by atoms with Crippen LogP contribution in [0.25, 0.3) is 0 Å². The molecule has 2 N–H and O–H groups in total. The summed E-state index contributed by atoms with van der Waals surface area (Å²) in [7, 11) is 0. The van der Waals surface area contributed by atoms with E-state index < -0.39 is 11.4 Å². The number of hydrogen-bond acceptors (Lipinski definition) is 7. The van der Waals surface area contributed by atoms with Gasteiger partial charge in [-0.2, -0.15) is 0 Å². The molecule has 2 aliphatic rings. The molecule has 1 amide bonds. The van der Waals surface area contributed by atoms with E-state index in [-0.39, 0.29) is 23.2 Å². The van der Waals surface area contributed by atoms with Gasteiger partial charge in [-0.15, -0.1) is 0 Å². The molecule has 0 spiro atoms. The summed E-state index contributed by atoms with van der Waals surface area (Å²) in [6.07, 6.45) is 1.88. The van der Waals surface area contributed by atoms with Crippen LogP contribution in [0.4, 0.5) is 11.4 Å². The van der Waals surface area contributed by atoms with E-state index >= 15 is 0 Å². The molecule has 1 fully saturated rings. The number of carboxylic acid groups (broad SMARTS) is 1. The molecule has 0 aliphatic carbocycles. The van der Waals surface area contributed by atoms with E-state index in [1.165, 1.54) is 12.1 Å². The van der Waals surface area contributed by atoms with Crippen molar-refractivity contribution in [2.75, 3.05) is 18.3 Å². The molecular weight excluding hydrogens is 448 g/mol. The number of amidine groups is 1. The van der Waals surface area contributed by atoms with Crippen LogP contribution in [0.5, 0.6) is 0 Å². The Labute approximate surface area is 204 Å². The molecule has 0 unspecified atom stereocenters. The van der Waals surface area contributed by atoms with Crippen molar-refractivity contribution in [3.63, 3.8) is 0 Å². The Hall–Kier alpha value is -3.72. The van der Waals surface area contributed by atoms with Crippen molar-refractivity contribution in [1.82, 2.24) is 10.3 Å². The van der Waals surface area contributed by atoms with Gasteiger partial charge in [0.05, 0.1) is 16.9 Å². The van der Waals surface area contributed by atoms with Crippen molar-refractivity contribution in [2.24, 2.45) is 16.3 Å². The first-order chi connectivity index (χ1) is 16.6. The topological polar surface area (TPSA) is 125 Å². The number of carbonyl (C=O) groups is 3. The predicted octanol–water partition coefficient (Wildman–Crippen LogP) is 4.17. The first-order valence-electron chi connectivity index (χ1n) is 11.7. The molecule has 0 saturated carbocycles. The number of hydrazine groups is 1. The van der Waals surface area contributed by atoms with Crippen LogP contribution in [-0.2, 0) is 4.79 Å². The van der Waals surface area contributed by atoms with Crippen LogP contribution in [0.15, 0.2) is 53.5 Å². The van der Waals surface area contributed by atoms with Gasteiger partial charge in [-0.05, 0) is 42.5 Å². The lowest BCUT2D eigenvalue weighted by atomic mass is 9.83. The number of aromatic carboxylic acids is 1. The Bertz CT molecular complexity index is 1150. The van der Waals surface area contributed by atoms with Crippen LogP contribution < -0.4 is 10.6 Å². The number of fused-ring (bicyclic) bond motifs is 1. The van der Waals surface area contributed by atoms with Crippen LogP contribution >= 0.6 is 0 Å². The summed E-state index contributed by atoms with van der Waals surface area (Å²) in [5.74, 6) is -0.692. The predicted molar refractivity (Wildman–Crippen MR) is 133 cm³/mol. The van der Waals surface area contributed by atoms with E-state index in [9.17, 15) is 19.6 Å². The third-order valence-electron chi connectivity index (χ3n) is 6.50. The highest BCUT2D eigenvalue weighted by Gasteiger charge is 2.32. The van der Waals surface area contributed by atoms with Crippen molar-refractivity contribution < 1.29 is 19.5 Å². The van der Waals surface area contributed by atoms with Crippen LogP contribution in [0.1, 0.15) is 60.2 Å². The summed E-state index contributed by atoms with van der Waals surface area (Å²) in [5.41, 5.74) is 4.03. The summed E-state index contributed by atoms with van der Waals surface area (Å²) < 4.78 is 0. The molecule has 2 heterocycles. The number of benzene rings is 2. The molecule has 4 rings (SSSR count). The van der Waals surface area contributed by atoms with E-state index in [1.54, 1.807) is 35.2 Å². The summed E-state index contributed by atoms with van der Waals surface area (Å²) in [6.45, 7) is 4.95. The van der Waals surface area contributed by atoms with Crippen molar-refractivity contribution in [2.45, 2.75) is 39.5 Å². The summed E-state index contributed by atoms with van der Waals surface area (Å²) in [4.78, 5) is 43.2. The maximum Gasteiger partial charge on any atom is 0.335 e. The average Bonchev–Trinajstić information content (AvgIpc) is 2.83. The average molecular weight is 478 g/mol. The fourth-order valence-corrected chi connectivity index (χ4v) is 4.60. The van der Waals surface area contributed by atoms with E-state index in [2.05, 4.69) is 10.4 Å². The van der Waals surface area contributed by atoms with E-state index in [0.717, 1.165) is 0 Å². The largest absolute Gasteiger partial charge is 0.739 e. The van der Waals surface area contributed by atoms with E-state index in [4.69, 9.17) is 5.11 Å². The molecule has 0 radical (unpaired) electrons. The van der Waals surface area contributed by atoms with Crippen LogP contribution in [0.2, 0.25) is 0 Å². The van der Waals surface area contributed by atoms with Gasteiger partial charge in [-0.3, -0.25) is 15.0 Å². The number of piperidine rings is 1. The number of rotatable bonds is 7. The van der Waals surface area contributed by atoms with Crippen molar-refractivity contribution >= 4 is 34.9 Å². The van der Waals surface area contributed by atoms with Gasteiger partial charge in [0.1, 0.15) is 5.84 Å². The highest BCUT2D eigenvalue weighted by Crippen LogP contribution is 2.34. The third-order valence-corrected chi connectivity index (χ3v) is 6.50. The smallest absolute Gasteiger partial charge is 0.335 e. The molecular formula is C26H29N4O5-. The highest BCUT2D eigenvalue weighted by atomic mass is 16.5. The van der Waals surface area contributed by atoms with Crippen molar-refractivity contribution in [3.05, 3.63) is 64.9 Å². The molecule has 184 valence electrons. The lowest BCUT2D eigenvalue weighted by Gasteiger charge is -2.38. The lowest BCUT2D eigenvalue weighted by molar-refractivity contribution is -0.134. The number of Topliss-reactive ketones (excluding diaryl/α,β-unsaturated/α-hetero) is 1. The second kappa shape index (κ2) is 9.87. The van der Waals surface area contributed by atoms with Crippen molar-refractivity contribution in [1.29, 1.82) is 0 Å². The van der Waals surface area contributed by atoms with Crippen molar-refractivity contribution in [3.8, 4) is 0 Å². The standard InChI is InChI=1S/C26H29N4O5/c1-26(2,15-22-27-20-5-3-4-6-21(20)30(35)28-22)16-23(31)29-13-11-18(12-14-29)24(32)17-7-9-19(10-8-17)25(33)34/h3-10,18H,11-16H2,1-2H3,(H,27,28)(H,33,34)/q-1. The zero-order valence-corrected chi connectivity index (χ0v) is 19.9. The molecule has 2 aromatic carbocycles. The third kappa shape index (κ3) is 5.68. The van der Waals surface area contributed by atoms with E-state index in [1.807, 2.05) is 19.9 Å². The molecule has 1 saturated heterocycles.